The highest BCUT2D eigenvalue weighted by Gasteiger charge is 2.28. The van der Waals surface area contributed by atoms with E-state index in [0.717, 1.165) is 44.2 Å². The molecule has 1 amide bonds. The van der Waals surface area contributed by atoms with E-state index < -0.39 is 18.2 Å². The molecule has 0 aliphatic heterocycles. The summed E-state index contributed by atoms with van der Waals surface area (Å²) in [5.41, 5.74) is 6.11. The number of aliphatic carboxylic acids is 1. The van der Waals surface area contributed by atoms with Gasteiger partial charge in [0, 0.05) is 12.8 Å². The summed E-state index contributed by atoms with van der Waals surface area (Å²) >= 11 is 0. The summed E-state index contributed by atoms with van der Waals surface area (Å²) in [4.78, 5) is 23.8. The van der Waals surface area contributed by atoms with Crippen molar-refractivity contribution in [1.29, 1.82) is 0 Å². The minimum atomic E-state index is -1.15. The van der Waals surface area contributed by atoms with Gasteiger partial charge in [0.05, 0.1) is 6.61 Å². The normalized spacial score (nSPS) is 17.7. The highest BCUT2D eigenvalue weighted by molar-refractivity contribution is 5.96. The molecule has 0 saturated heterocycles. The lowest BCUT2D eigenvalue weighted by Gasteiger charge is -2.21. The van der Waals surface area contributed by atoms with Crippen molar-refractivity contribution in [3.63, 3.8) is 0 Å². The lowest BCUT2D eigenvalue weighted by atomic mass is 9.98. The Morgan fingerprint density at radius 3 is 2.28 bits per heavy atom. The predicted molar refractivity (Wildman–Crippen MR) is 93.0 cm³/mol. The van der Waals surface area contributed by atoms with Gasteiger partial charge >= 0.3 is 5.97 Å². The lowest BCUT2D eigenvalue weighted by molar-refractivity contribution is -0.160. The molecule has 0 saturated carbocycles. The monoisotopic (exact) mass is 347 g/mol. The van der Waals surface area contributed by atoms with Gasteiger partial charge in [0.2, 0.25) is 0 Å². The van der Waals surface area contributed by atoms with Crippen molar-refractivity contribution in [2.75, 3.05) is 19.0 Å². The molecule has 6 heteroatoms. The van der Waals surface area contributed by atoms with Crippen LogP contribution in [0.5, 0.6) is 0 Å². The van der Waals surface area contributed by atoms with Gasteiger partial charge in [-0.3, -0.25) is 4.79 Å². The van der Waals surface area contributed by atoms with Crippen LogP contribution in [0.2, 0.25) is 0 Å². The van der Waals surface area contributed by atoms with E-state index in [1.165, 1.54) is 29.4 Å². The minimum Gasteiger partial charge on any atom is -0.479 e. The van der Waals surface area contributed by atoms with Gasteiger partial charge in [-0.05, 0) is 67.7 Å². The third kappa shape index (κ3) is 3.70. The maximum atomic E-state index is 12.6. The number of rotatable bonds is 7. The predicted octanol–water partition coefficient (Wildman–Crippen LogP) is 2.11. The van der Waals surface area contributed by atoms with Crippen LogP contribution in [0, 0.1) is 0 Å². The van der Waals surface area contributed by atoms with Crippen molar-refractivity contribution >= 4 is 17.6 Å². The molecule has 0 spiro atoms. The smallest absolute Gasteiger partial charge is 0.335 e. The van der Waals surface area contributed by atoms with Gasteiger partial charge in [-0.1, -0.05) is 6.07 Å². The summed E-state index contributed by atoms with van der Waals surface area (Å²) in [6.07, 6.45) is 4.29. The Bertz CT molecular complexity index is 653. The molecule has 1 aromatic carbocycles. The Hall–Kier alpha value is -1.92. The first kappa shape index (κ1) is 17.9. The third-order valence-corrected chi connectivity index (χ3v) is 5.05. The van der Waals surface area contributed by atoms with Gasteiger partial charge in [-0.25, -0.2) is 4.79 Å². The standard InChI is InChI=1S/C19H25NO5/c1-11(25-16(10-24-2)19(22)23)18(21)20-17-14-7-3-5-12(14)9-13-6-4-8-15(13)17/h9,11,16H,3-8,10H2,1-2H3,(H,20,21)(H,22,23)/t11?,16-/m1/s1. The van der Waals surface area contributed by atoms with Gasteiger partial charge in [-0.15, -0.1) is 0 Å². The van der Waals surface area contributed by atoms with Crippen LogP contribution in [0.3, 0.4) is 0 Å². The van der Waals surface area contributed by atoms with Gasteiger partial charge in [0.15, 0.2) is 6.10 Å². The Balaban J connectivity index is 1.76. The molecule has 6 nitrogen and oxygen atoms in total. The summed E-state index contributed by atoms with van der Waals surface area (Å²) in [5, 5.41) is 12.2. The first-order chi connectivity index (χ1) is 12.0. The molecule has 0 bridgehead atoms. The average Bonchev–Trinajstić information content (AvgIpc) is 3.22. The van der Waals surface area contributed by atoms with E-state index >= 15 is 0 Å². The Morgan fingerprint density at radius 2 is 1.76 bits per heavy atom. The highest BCUT2D eigenvalue weighted by atomic mass is 16.6. The number of ether oxygens (including phenoxy) is 2. The molecule has 136 valence electrons. The van der Waals surface area contributed by atoms with Crippen molar-refractivity contribution in [2.24, 2.45) is 0 Å². The molecule has 25 heavy (non-hydrogen) atoms. The number of nitrogens with one attached hydrogen (secondary N) is 1. The molecule has 3 rings (SSSR count). The first-order valence-electron chi connectivity index (χ1n) is 8.85. The fourth-order valence-corrected chi connectivity index (χ4v) is 3.82. The number of amides is 1. The molecule has 1 aromatic rings. The fraction of sp³-hybridized carbons (Fsp3) is 0.579. The van der Waals surface area contributed by atoms with Crippen LogP contribution in [-0.4, -0.2) is 42.9 Å². The van der Waals surface area contributed by atoms with E-state index in [1.54, 1.807) is 6.92 Å². The van der Waals surface area contributed by atoms with Crippen molar-refractivity contribution < 1.29 is 24.2 Å². The SMILES string of the molecule is COC[C@@H](OC(C)C(=O)Nc1c2c(cc3c1CCC3)CCC2)C(=O)O. The van der Waals surface area contributed by atoms with E-state index in [4.69, 9.17) is 14.6 Å². The molecule has 0 fully saturated rings. The van der Waals surface area contributed by atoms with E-state index in [0.29, 0.717) is 0 Å². The fourth-order valence-electron chi connectivity index (χ4n) is 3.82. The van der Waals surface area contributed by atoms with Crippen LogP contribution in [0.1, 0.15) is 42.0 Å². The molecule has 0 aromatic heterocycles. The third-order valence-electron chi connectivity index (χ3n) is 5.05. The molecule has 0 heterocycles. The molecule has 0 radical (unpaired) electrons. The number of carbonyl (C=O) groups is 2. The van der Waals surface area contributed by atoms with E-state index in [9.17, 15) is 9.59 Å². The molecule has 2 atom stereocenters. The second-order valence-corrected chi connectivity index (χ2v) is 6.78. The van der Waals surface area contributed by atoms with Gasteiger partial charge < -0.3 is 19.9 Å². The van der Waals surface area contributed by atoms with Crippen LogP contribution in [0.25, 0.3) is 0 Å². The first-order valence-corrected chi connectivity index (χ1v) is 8.85. The molecule has 2 aliphatic carbocycles. The second kappa shape index (κ2) is 7.54. The summed E-state index contributed by atoms with van der Waals surface area (Å²) in [5.74, 6) is -1.44. The van der Waals surface area contributed by atoms with Crippen molar-refractivity contribution in [1.82, 2.24) is 0 Å². The average molecular weight is 347 g/mol. The largest absolute Gasteiger partial charge is 0.479 e. The summed E-state index contributed by atoms with van der Waals surface area (Å²) in [7, 11) is 1.40. The quantitative estimate of drug-likeness (QED) is 0.789. The highest BCUT2D eigenvalue weighted by Crippen LogP contribution is 2.38. The van der Waals surface area contributed by atoms with Gasteiger partial charge in [0.1, 0.15) is 6.10 Å². The van der Waals surface area contributed by atoms with Crippen molar-refractivity contribution in [3.8, 4) is 0 Å². The maximum Gasteiger partial charge on any atom is 0.335 e. The molecular weight excluding hydrogens is 322 g/mol. The Morgan fingerprint density at radius 1 is 1.16 bits per heavy atom. The second-order valence-electron chi connectivity index (χ2n) is 6.78. The number of carboxylic acids is 1. The molecule has 1 unspecified atom stereocenters. The summed E-state index contributed by atoms with van der Waals surface area (Å²) in [6, 6.07) is 2.30. The number of fused-ring (bicyclic) bond motifs is 2. The number of carbonyl (C=O) groups excluding carboxylic acids is 1. The zero-order valence-electron chi connectivity index (χ0n) is 14.8. The zero-order chi connectivity index (χ0) is 18.0. The van der Waals surface area contributed by atoms with Gasteiger partial charge in [0.25, 0.3) is 5.91 Å². The number of aryl methyl sites for hydroxylation is 2. The number of hydrogen-bond acceptors (Lipinski definition) is 4. The molecule has 2 N–H and O–H groups in total. The summed E-state index contributed by atoms with van der Waals surface area (Å²) in [6.45, 7) is 1.48. The topological polar surface area (TPSA) is 84.9 Å². The van der Waals surface area contributed by atoms with Crippen LogP contribution in [0.15, 0.2) is 6.07 Å². The number of carboxylic acid groups (broad SMARTS) is 1. The van der Waals surface area contributed by atoms with Crippen LogP contribution < -0.4 is 5.32 Å². The molecular formula is C19H25NO5. The van der Waals surface area contributed by atoms with Crippen LogP contribution in [-0.2, 0) is 44.7 Å². The van der Waals surface area contributed by atoms with E-state index in [2.05, 4.69) is 11.4 Å². The van der Waals surface area contributed by atoms with E-state index in [1.807, 2.05) is 0 Å². The number of anilines is 1. The lowest BCUT2D eigenvalue weighted by Crippen LogP contribution is -2.37. The molecule has 2 aliphatic rings. The zero-order valence-corrected chi connectivity index (χ0v) is 14.8. The van der Waals surface area contributed by atoms with Crippen molar-refractivity contribution in [3.05, 3.63) is 28.3 Å². The maximum absolute atomic E-state index is 12.6. The van der Waals surface area contributed by atoms with E-state index in [-0.39, 0.29) is 12.5 Å². The Labute approximate surface area is 147 Å². The Kier molecular flexibility index (Phi) is 5.39. The number of hydrogen-bond donors (Lipinski definition) is 2. The number of benzene rings is 1. The van der Waals surface area contributed by atoms with Crippen molar-refractivity contribution in [2.45, 2.75) is 57.7 Å². The van der Waals surface area contributed by atoms with Crippen LogP contribution >= 0.6 is 0 Å². The minimum absolute atomic E-state index is 0.0942. The summed E-state index contributed by atoms with van der Waals surface area (Å²) < 4.78 is 10.2. The van der Waals surface area contributed by atoms with Crippen LogP contribution in [0.4, 0.5) is 5.69 Å². The number of methoxy groups -OCH3 is 1. The van der Waals surface area contributed by atoms with Gasteiger partial charge in [-0.2, -0.15) is 0 Å².